The predicted octanol–water partition coefficient (Wildman–Crippen LogP) is 2.45. The molecule has 1 aliphatic rings. The highest BCUT2D eigenvalue weighted by molar-refractivity contribution is 5.94. The highest BCUT2D eigenvalue weighted by atomic mass is 19.1. The lowest BCUT2D eigenvalue weighted by Crippen LogP contribution is -2.45. The van der Waals surface area contributed by atoms with Crippen molar-refractivity contribution in [2.24, 2.45) is 0 Å². The summed E-state index contributed by atoms with van der Waals surface area (Å²) in [5.74, 6) is -0.993. The lowest BCUT2D eigenvalue weighted by Gasteiger charge is -2.30. The molecule has 8 heteroatoms. The lowest BCUT2D eigenvalue weighted by molar-refractivity contribution is 0.0696. The molecule has 0 radical (unpaired) electrons. The largest absolute Gasteiger partial charge is 0.483 e. The second-order valence-corrected chi connectivity index (χ2v) is 7.41. The number of carbonyl (C=O) groups excluding carboxylic acids is 2. The smallest absolute Gasteiger partial charge is 0.270 e. The summed E-state index contributed by atoms with van der Waals surface area (Å²) in [4.78, 5) is 39.0. The Hall–Kier alpha value is -3.94. The van der Waals surface area contributed by atoms with Crippen LogP contribution in [0.25, 0.3) is 0 Å². The van der Waals surface area contributed by atoms with E-state index in [1.165, 1.54) is 24.3 Å². The second-order valence-electron chi connectivity index (χ2n) is 7.41. The number of benzene rings is 2. The van der Waals surface area contributed by atoms with Crippen LogP contribution in [0.3, 0.4) is 0 Å². The highest BCUT2D eigenvalue weighted by Crippen LogP contribution is 2.15. The van der Waals surface area contributed by atoms with Gasteiger partial charge in [-0.1, -0.05) is 36.4 Å². The van der Waals surface area contributed by atoms with Crippen molar-refractivity contribution in [3.63, 3.8) is 0 Å². The van der Waals surface area contributed by atoms with Crippen molar-refractivity contribution in [3.8, 4) is 5.75 Å². The maximum atomic E-state index is 13.3. The van der Waals surface area contributed by atoms with E-state index in [0.717, 1.165) is 11.6 Å². The Morgan fingerprint density at radius 2 is 1.84 bits per heavy atom. The normalized spacial score (nSPS) is 12.9. The number of nitrogens with zero attached hydrogens (tertiary/aromatic N) is 2. The van der Waals surface area contributed by atoms with Crippen LogP contribution in [0.4, 0.5) is 4.39 Å². The third-order valence-corrected chi connectivity index (χ3v) is 5.20. The van der Waals surface area contributed by atoms with Crippen LogP contribution in [-0.2, 0) is 13.2 Å². The first-order valence-electron chi connectivity index (χ1n) is 10.3. The molecular weight excluding hydrogens is 413 g/mol. The molecule has 2 aromatic carbocycles. The Morgan fingerprint density at radius 1 is 1.03 bits per heavy atom. The number of hydrogen-bond acceptors (Lipinski definition) is 4. The van der Waals surface area contributed by atoms with Gasteiger partial charge in [-0.15, -0.1) is 0 Å². The summed E-state index contributed by atoms with van der Waals surface area (Å²) < 4.78 is 20.6. The molecule has 1 aromatic heterocycles. The molecule has 0 fully saturated rings. The van der Waals surface area contributed by atoms with Gasteiger partial charge in [-0.3, -0.25) is 14.4 Å². The fourth-order valence-corrected chi connectivity index (χ4v) is 3.51. The fraction of sp³-hybridized carbons (Fsp3) is 0.208. The zero-order chi connectivity index (χ0) is 22.5. The first kappa shape index (κ1) is 21.3. The fourth-order valence-electron chi connectivity index (χ4n) is 3.51. The monoisotopic (exact) mass is 435 g/mol. The molecule has 0 atom stereocenters. The molecule has 0 aliphatic carbocycles. The van der Waals surface area contributed by atoms with Gasteiger partial charge < -0.3 is 19.5 Å². The van der Waals surface area contributed by atoms with Gasteiger partial charge in [-0.2, -0.15) is 0 Å². The number of nitrogens with one attached hydrogen (secondary N) is 1. The van der Waals surface area contributed by atoms with E-state index in [-0.39, 0.29) is 48.0 Å². The summed E-state index contributed by atoms with van der Waals surface area (Å²) in [5, 5.41) is 2.68. The number of rotatable bonds is 7. The van der Waals surface area contributed by atoms with E-state index < -0.39 is 11.7 Å². The Morgan fingerprint density at radius 3 is 2.62 bits per heavy atom. The van der Waals surface area contributed by atoms with E-state index in [0.29, 0.717) is 13.1 Å². The highest BCUT2D eigenvalue weighted by Gasteiger charge is 2.25. The molecule has 164 valence electrons. The van der Waals surface area contributed by atoms with Gasteiger partial charge >= 0.3 is 0 Å². The van der Waals surface area contributed by atoms with Crippen molar-refractivity contribution in [2.75, 3.05) is 19.6 Å². The minimum Gasteiger partial charge on any atom is -0.483 e. The molecule has 32 heavy (non-hydrogen) atoms. The number of fused-ring (bicyclic) bond motifs is 1. The SMILES string of the molecule is O=C(NCCN1CCn2cc(OCc3ccccc3)c(=O)cc2C1=O)c1cccc(F)c1. The third-order valence-electron chi connectivity index (χ3n) is 5.20. The predicted molar refractivity (Wildman–Crippen MR) is 116 cm³/mol. The summed E-state index contributed by atoms with van der Waals surface area (Å²) in [5.41, 5.74) is 1.08. The topological polar surface area (TPSA) is 80.6 Å². The zero-order valence-electron chi connectivity index (χ0n) is 17.3. The van der Waals surface area contributed by atoms with Crippen molar-refractivity contribution >= 4 is 11.8 Å². The summed E-state index contributed by atoms with van der Waals surface area (Å²) in [6, 6.07) is 16.2. The number of amides is 2. The van der Waals surface area contributed by atoms with Crippen molar-refractivity contribution in [1.82, 2.24) is 14.8 Å². The molecule has 0 spiro atoms. The van der Waals surface area contributed by atoms with Crippen LogP contribution in [0.5, 0.6) is 5.75 Å². The molecule has 4 rings (SSSR count). The van der Waals surface area contributed by atoms with E-state index in [1.54, 1.807) is 15.7 Å². The molecular formula is C24H22FN3O4. The van der Waals surface area contributed by atoms with Gasteiger partial charge in [0, 0.05) is 37.8 Å². The molecule has 2 amide bonds. The summed E-state index contributed by atoms with van der Waals surface area (Å²) in [6.45, 7) is 1.69. The average Bonchev–Trinajstić information content (AvgIpc) is 2.80. The van der Waals surface area contributed by atoms with Crippen LogP contribution in [0.15, 0.2) is 71.7 Å². The second kappa shape index (κ2) is 9.47. The molecule has 0 unspecified atom stereocenters. The zero-order valence-corrected chi connectivity index (χ0v) is 17.3. The summed E-state index contributed by atoms with van der Waals surface area (Å²) in [7, 11) is 0. The summed E-state index contributed by atoms with van der Waals surface area (Å²) in [6.07, 6.45) is 1.57. The Labute approximate surface area is 184 Å². The number of halogens is 1. The van der Waals surface area contributed by atoms with Crippen LogP contribution in [0.1, 0.15) is 26.4 Å². The van der Waals surface area contributed by atoms with Gasteiger partial charge in [0.15, 0.2) is 5.75 Å². The van der Waals surface area contributed by atoms with E-state index in [4.69, 9.17) is 4.74 Å². The van der Waals surface area contributed by atoms with Crippen molar-refractivity contribution in [3.05, 3.63) is 99.7 Å². The minimum atomic E-state index is -0.488. The number of aromatic nitrogens is 1. The molecule has 0 saturated heterocycles. The maximum Gasteiger partial charge on any atom is 0.270 e. The quantitative estimate of drug-likeness (QED) is 0.618. The number of ether oxygens (including phenoxy) is 1. The first-order valence-corrected chi connectivity index (χ1v) is 10.3. The van der Waals surface area contributed by atoms with Crippen molar-refractivity contribution < 1.29 is 18.7 Å². The van der Waals surface area contributed by atoms with E-state index >= 15 is 0 Å². The van der Waals surface area contributed by atoms with Crippen LogP contribution in [-0.4, -0.2) is 40.9 Å². The molecule has 0 bridgehead atoms. The van der Waals surface area contributed by atoms with Gasteiger partial charge in [0.25, 0.3) is 11.8 Å². The van der Waals surface area contributed by atoms with Crippen LogP contribution >= 0.6 is 0 Å². The average molecular weight is 435 g/mol. The molecule has 0 saturated carbocycles. The van der Waals surface area contributed by atoms with Gasteiger partial charge in [0.2, 0.25) is 5.43 Å². The van der Waals surface area contributed by atoms with Crippen LogP contribution < -0.4 is 15.5 Å². The Kier molecular flexibility index (Phi) is 6.30. The maximum absolute atomic E-state index is 13.3. The first-order chi connectivity index (χ1) is 15.5. The molecule has 2 heterocycles. The van der Waals surface area contributed by atoms with Gasteiger partial charge in [-0.25, -0.2) is 4.39 Å². The summed E-state index contributed by atoms with van der Waals surface area (Å²) >= 11 is 0. The van der Waals surface area contributed by atoms with E-state index in [9.17, 15) is 18.8 Å². The number of carbonyl (C=O) groups is 2. The molecule has 1 aliphatic heterocycles. The third kappa shape index (κ3) is 4.85. The Balaban J connectivity index is 1.36. The molecule has 7 nitrogen and oxygen atoms in total. The minimum absolute atomic E-state index is 0.196. The van der Waals surface area contributed by atoms with Gasteiger partial charge in [-0.05, 0) is 23.8 Å². The molecule has 3 aromatic rings. The molecule has 1 N–H and O–H groups in total. The van der Waals surface area contributed by atoms with Crippen LogP contribution in [0, 0.1) is 5.82 Å². The Bertz CT molecular complexity index is 1190. The van der Waals surface area contributed by atoms with E-state index in [1.807, 2.05) is 30.3 Å². The number of pyridine rings is 1. The lowest BCUT2D eigenvalue weighted by atomic mass is 10.2. The van der Waals surface area contributed by atoms with Crippen molar-refractivity contribution in [1.29, 1.82) is 0 Å². The van der Waals surface area contributed by atoms with Crippen molar-refractivity contribution in [2.45, 2.75) is 13.2 Å². The van der Waals surface area contributed by atoms with Gasteiger partial charge in [0.1, 0.15) is 18.1 Å². The van der Waals surface area contributed by atoms with Crippen LogP contribution in [0.2, 0.25) is 0 Å². The number of hydrogen-bond donors (Lipinski definition) is 1. The van der Waals surface area contributed by atoms with E-state index in [2.05, 4.69) is 5.32 Å². The standard InChI is InChI=1S/C24H22FN3O4/c25-19-8-4-7-18(13-19)23(30)26-9-10-27-11-12-28-15-22(21(29)14-20(28)24(27)31)32-16-17-5-2-1-3-6-17/h1-8,13-15H,9-12,16H2,(H,26,30). The van der Waals surface area contributed by atoms with Gasteiger partial charge in [0.05, 0.1) is 6.20 Å².